The molecule has 2 atom stereocenters. The Balaban J connectivity index is 2.26. The van der Waals surface area contributed by atoms with Crippen LogP contribution in [0.5, 0.6) is 0 Å². The lowest BCUT2D eigenvalue weighted by atomic mass is 10.2. The average molecular weight is 256 g/mol. The van der Waals surface area contributed by atoms with Crippen molar-refractivity contribution >= 4 is 5.91 Å². The average Bonchev–Trinajstić information content (AvgIpc) is 2.66. The van der Waals surface area contributed by atoms with Crippen molar-refractivity contribution in [2.45, 2.75) is 64.5 Å². The van der Waals surface area contributed by atoms with Crippen LogP contribution < -0.4 is 5.32 Å². The van der Waals surface area contributed by atoms with Crippen LogP contribution in [0, 0.1) is 0 Å². The second kappa shape index (κ2) is 8.48. The second-order valence-corrected chi connectivity index (χ2v) is 5.27. The topological polar surface area (TPSA) is 52.6 Å². The summed E-state index contributed by atoms with van der Waals surface area (Å²) in [4.78, 5) is 14.2. The molecule has 1 aliphatic rings. The van der Waals surface area contributed by atoms with Crippen LogP contribution in [0.4, 0.5) is 0 Å². The van der Waals surface area contributed by atoms with Crippen LogP contribution in [0.25, 0.3) is 0 Å². The summed E-state index contributed by atoms with van der Waals surface area (Å²) < 4.78 is 0. The second-order valence-electron chi connectivity index (χ2n) is 5.27. The van der Waals surface area contributed by atoms with E-state index in [2.05, 4.69) is 5.32 Å². The lowest BCUT2D eigenvalue weighted by Crippen LogP contribution is -2.45. The zero-order chi connectivity index (χ0) is 13.4. The van der Waals surface area contributed by atoms with Crippen LogP contribution in [0.15, 0.2) is 0 Å². The number of carbonyl (C=O) groups excluding carboxylic acids is 1. The molecule has 0 aromatic heterocycles. The van der Waals surface area contributed by atoms with Crippen molar-refractivity contribution in [3.8, 4) is 0 Å². The van der Waals surface area contributed by atoms with Crippen molar-refractivity contribution in [1.82, 2.24) is 10.2 Å². The third-order valence-electron chi connectivity index (χ3n) is 3.69. The Bertz CT molecular complexity index is 238. The van der Waals surface area contributed by atoms with Gasteiger partial charge in [-0.1, -0.05) is 19.8 Å². The monoisotopic (exact) mass is 256 g/mol. The van der Waals surface area contributed by atoms with E-state index in [0.29, 0.717) is 13.0 Å². The predicted octanol–water partition coefficient (Wildman–Crippen LogP) is 1.53. The molecule has 0 spiro atoms. The van der Waals surface area contributed by atoms with Gasteiger partial charge in [-0.15, -0.1) is 0 Å². The third kappa shape index (κ3) is 5.36. The molecule has 2 N–H and O–H groups in total. The normalized spacial score (nSPS) is 20.3. The zero-order valence-electron chi connectivity index (χ0n) is 11.8. The molecule has 0 aliphatic carbocycles. The van der Waals surface area contributed by atoms with Crippen LogP contribution in [-0.4, -0.2) is 47.7 Å². The van der Waals surface area contributed by atoms with Crippen LogP contribution in [-0.2, 0) is 4.79 Å². The van der Waals surface area contributed by atoms with Gasteiger partial charge in [-0.05, 0) is 39.2 Å². The number of aliphatic hydroxyl groups is 1. The largest absolute Gasteiger partial charge is 0.393 e. The highest BCUT2D eigenvalue weighted by Crippen LogP contribution is 2.10. The number of aliphatic hydroxyl groups excluding tert-OH is 1. The van der Waals surface area contributed by atoms with Crippen LogP contribution in [0.2, 0.25) is 0 Å². The highest BCUT2D eigenvalue weighted by molar-refractivity contribution is 5.81. The lowest BCUT2D eigenvalue weighted by Gasteiger charge is -2.25. The molecule has 0 bridgehead atoms. The van der Waals surface area contributed by atoms with Crippen LogP contribution in [0.3, 0.4) is 0 Å². The molecule has 1 saturated heterocycles. The van der Waals surface area contributed by atoms with Crippen molar-refractivity contribution < 1.29 is 9.90 Å². The first-order valence-corrected chi connectivity index (χ1v) is 7.35. The quantitative estimate of drug-likeness (QED) is 0.758. The van der Waals surface area contributed by atoms with E-state index in [1.807, 2.05) is 18.7 Å². The maximum absolute atomic E-state index is 12.2. The Hall–Kier alpha value is -0.610. The summed E-state index contributed by atoms with van der Waals surface area (Å²) in [6, 6.07) is -0.132. The van der Waals surface area contributed by atoms with E-state index >= 15 is 0 Å². The lowest BCUT2D eigenvalue weighted by molar-refractivity contribution is -0.133. The highest BCUT2D eigenvalue weighted by atomic mass is 16.3. The molecule has 4 heteroatoms. The van der Waals surface area contributed by atoms with E-state index in [1.165, 1.54) is 12.8 Å². The van der Waals surface area contributed by atoms with Gasteiger partial charge in [0.05, 0.1) is 12.1 Å². The first kappa shape index (κ1) is 15.4. The SMILES string of the molecule is CCC(O)CCNC(C)C(=O)N1CCCCCC1. The van der Waals surface area contributed by atoms with E-state index in [-0.39, 0.29) is 18.1 Å². The fourth-order valence-electron chi connectivity index (χ4n) is 2.32. The van der Waals surface area contributed by atoms with Crippen LogP contribution in [0.1, 0.15) is 52.4 Å². The molecule has 1 heterocycles. The fraction of sp³-hybridized carbons (Fsp3) is 0.929. The number of carbonyl (C=O) groups is 1. The fourth-order valence-corrected chi connectivity index (χ4v) is 2.32. The highest BCUT2D eigenvalue weighted by Gasteiger charge is 2.20. The Morgan fingerprint density at radius 3 is 2.44 bits per heavy atom. The summed E-state index contributed by atoms with van der Waals surface area (Å²) in [6.45, 7) is 6.41. The van der Waals surface area contributed by atoms with Crippen LogP contribution >= 0.6 is 0 Å². The van der Waals surface area contributed by atoms with E-state index in [4.69, 9.17) is 0 Å². The van der Waals surface area contributed by atoms with Gasteiger partial charge in [0.2, 0.25) is 5.91 Å². The van der Waals surface area contributed by atoms with E-state index in [0.717, 1.165) is 32.4 Å². The predicted molar refractivity (Wildman–Crippen MR) is 73.4 cm³/mol. The minimum atomic E-state index is -0.252. The standard InChI is InChI=1S/C14H28N2O2/c1-3-13(17)8-9-15-12(2)14(18)16-10-6-4-5-7-11-16/h12-13,15,17H,3-11H2,1-2H3. The van der Waals surface area contributed by atoms with Crippen molar-refractivity contribution in [3.63, 3.8) is 0 Å². The number of amides is 1. The Labute approximate surface area is 111 Å². The maximum Gasteiger partial charge on any atom is 0.239 e. The molecule has 2 unspecified atom stereocenters. The molecule has 0 aromatic carbocycles. The van der Waals surface area contributed by atoms with Gasteiger partial charge >= 0.3 is 0 Å². The number of hydrogen-bond donors (Lipinski definition) is 2. The smallest absolute Gasteiger partial charge is 0.239 e. The minimum Gasteiger partial charge on any atom is -0.393 e. The molecular weight excluding hydrogens is 228 g/mol. The van der Waals surface area contributed by atoms with Crippen molar-refractivity contribution in [1.29, 1.82) is 0 Å². The first-order chi connectivity index (χ1) is 8.65. The van der Waals surface area contributed by atoms with Gasteiger partial charge < -0.3 is 15.3 Å². The van der Waals surface area contributed by atoms with Crippen molar-refractivity contribution in [2.24, 2.45) is 0 Å². The van der Waals surface area contributed by atoms with Gasteiger partial charge in [-0.25, -0.2) is 0 Å². The molecular formula is C14H28N2O2. The number of rotatable bonds is 6. The molecule has 1 amide bonds. The molecule has 106 valence electrons. The summed E-state index contributed by atoms with van der Waals surface area (Å²) in [7, 11) is 0. The number of likely N-dealkylation sites (tertiary alicyclic amines) is 1. The molecule has 1 rings (SSSR count). The van der Waals surface area contributed by atoms with Crippen molar-refractivity contribution in [2.75, 3.05) is 19.6 Å². The molecule has 1 fully saturated rings. The third-order valence-corrected chi connectivity index (χ3v) is 3.69. The molecule has 0 radical (unpaired) electrons. The van der Waals surface area contributed by atoms with Gasteiger partial charge in [-0.3, -0.25) is 4.79 Å². The number of hydrogen-bond acceptors (Lipinski definition) is 3. The summed E-state index contributed by atoms with van der Waals surface area (Å²) in [5, 5.41) is 12.7. The maximum atomic E-state index is 12.2. The van der Waals surface area contributed by atoms with E-state index in [1.54, 1.807) is 0 Å². The molecule has 1 aliphatic heterocycles. The molecule has 18 heavy (non-hydrogen) atoms. The Morgan fingerprint density at radius 2 is 1.89 bits per heavy atom. The van der Waals surface area contributed by atoms with Gasteiger partial charge in [0.15, 0.2) is 0 Å². The Morgan fingerprint density at radius 1 is 1.28 bits per heavy atom. The molecule has 4 nitrogen and oxygen atoms in total. The van der Waals surface area contributed by atoms with Gasteiger partial charge in [0.1, 0.15) is 0 Å². The summed E-state index contributed by atoms with van der Waals surface area (Å²) >= 11 is 0. The number of nitrogens with zero attached hydrogens (tertiary/aromatic N) is 1. The Kier molecular flexibility index (Phi) is 7.28. The van der Waals surface area contributed by atoms with Gasteiger partial charge in [-0.2, -0.15) is 0 Å². The summed E-state index contributed by atoms with van der Waals surface area (Å²) in [6.07, 6.45) is 5.99. The van der Waals surface area contributed by atoms with E-state index in [9.17, 15) is 9.90 Å². The zero-order valence-corrected chi connectivity index (χ0v) is 11.8. The summed E-state index contributed by atoms with van der Waals surface area (Å²) in [5.74, 6) is 0.211. The van der Waals surface area contributed by atoms with Gasteiger partial charge in [0, 0.05) is 13.1 Å². The minimum absolute atomic E-state index is 0.132. The number of nitrogens with one attached hydrogen (secondary N) is 1. The molecule has 0 saturated carbocycles. The molecule has 0 aromatic rings. The summed E-state index contributed by atoms with van der Waals surface area (Å²) in [5.41, 5.74) is 0. The first-order valence-electron chi connectivity index (χ1n) is 7.35. The van der Waals surface area contributed by atoms with E-state index < -0.39 is 0 Å². The van der Waals surface area contributed by atoms with Gasteiger partial charge in [0.25, 0.3) is 0 Å². The van der Waals surface area contributed by atoms with Crippen molar-refractivity contribution in [3.05, 3.63) is 0 Å².